The summed E-state index contributed by atoms with van der Waals surface area (Å²) in [7, 11) is 0. The van der Waals surface area contributed by atoms with Crippen LogP contribution in [0.25, 0.3) is 0 Å². The number of nitrogens with one attached hydrogen (secondary N) is 1. The van der Waals surface area contributed by atoms with Gasteiger partial charge in [-0.05, 0) is 41.6 Å². The molecule has 2 heterocycles. The minimum Gasteiger partial charge on any atom is -0.312 e. The zero-order chi connectivity index (χ0) is 12.5. The van der Waals surface area contributed by atoms with Gasteiger partial charge in [0.1, 0.15) is 0 Å². The number of rotatable bonds is 2. The van der Waals surface area contributed by atoms with Crippen LogP contribution >= 0.6 is 22.9 Å². The summed E-state index contributed by atoms with van der Waals surface area (Å²) in [6, 6.07) is 7.72. The first-order valence-corrected chi connectivity index (χ1v) is 7.11. The van der Waals surface area contributed by atoms with Gasteiger partial charge in [0.2, 0.25) is 5.78 Å². The second kappa shape index (κ2) is 4.84. The van der Waals surface area contributed by atoms with Gasteiger partial charge in [-0.25, -0.2) is 0 Å². The fourth-order valence-corrected chi connectivity index (χ4v) is 3.31. The van der Waals surface area contributed by atoms with E-state index >= 15 is 0 Å². The Kier molecular flexibility index (Phi) is 3.20. The summed E-state index contributed by atoms with van der Waals surface area (Å²) in [6.45, 7) is 1.85. The zero-order valence-electron chi connectivity index (χ0n) is 9.70. The lowest BCUT2D eigenvalue weighted by Crippen LogP contribution is -2.23. The summed E-state index contributed by atoms with van der Waals surface area (Å²) >= 11 is 7.40. The molecule has 0 saturated heterocycles. The molecule has 1 aromatic carbocycles. The highest BCUT2D eigenvalue weighted by Crippen LogP contribution is 2.26. The molecule has 0 fully saturated rings. The molecule has 18 heavy (non-hydrogen) atoms. The molecule has 1 aliphatic rings. The van der Waals surface area contributed by atoms with Crippen molar-refractivity contribution in [3.63, 3.8) is 0 Å². The molecule has 1 N–H and O–H groups in total. The molecule has 0 saturated carbocycles. The van der Waals surface area contributed by atoms with Crippen LogP contribution in [0.4, 0.5) is 0 Å². The number of hydrogen-bond acceptors (Lipinski definition) is 3. The Morgan fingerprint density at radius 2 is 2.17 bits per heavy atom. The van der Waals surface area contributed by atoms with Gasteiger partial charge in [0.15, 0.2) is 0 Å². The lowest BCUT2D eigenvalue weighted by atomic mass is 9.97. The Labute approximate surface area is 115 Å². The maximum absolute atomic E-state index is 12.3. The lowest BCUT2D eigenvalue weighted by Gasteiger charge is -2.17. The third kappa shape index (κ3) is 2.09. The summed E-state index contributed by atoms with van der Waals surface area (Å²) in [5.41, 5.74) is 3.28. The number of carbonyl (C=O) groups excluding carboxylic acids is 1. The van der Waals surface area contributed by atoms with E-state index in [4.69, 9.17) is 11.6 Å². The number of hydrogen-bond donors (Lipinski definition) is 1. The van der Waals surface area contributed by atoms with Gasteiger partial charge < -0.3 is 5.32 Å². The van der Waals surface area contributed by atoms with Gasteiger partial charge in [-0.1, -0.05) is 23.7 Å². The van der Waals surface area contributed by atoms with Crippen LogP contribution in [0.15, 0.2) is 29.6 Å². The van der Waals surface area contributed by atoms with Crippen molar-refractivity contribution >= 4 is 28.7 Å². The van der Waals surface area contributed by atoms with Crippen LogP contribution in [-0.4, -0.2) is 12.3 Å². The Balaban J connectivity index is 1.98. The van der Waals surface area contributed by atoms with Crippen LogP contribution in [-0.2, 0) is 13.0 Å². The largest absolute Gasteiger partial charge is 0.312 e. The van der Waals surface area contributed by atoms with E-state index in [2.05, 4.69) is 11.4 Å². The lowest BCUT2D eigenvalue weighted by molar-refractivity contribution is 0.104. The predicted molar refractivity (Wildman–Crippen MR) is 74.6 cm³/mol. The van der Waals surface area contributed by atoms with Gasteiger partial charge in [-0.15, -0.1) is 11.3 Å². The monoisotopic (exact) mass is 277 g/mol. The highest BCUT2D eigenvalue weighted by Gasteiger charge is 2.16. The van der Waals surface area contributed by atoms with Crippen molar-refractivity contribution in [2.24, 2.45) is 0 Å². The number of benzene rings is 1. The molecule has 92 valence electrons. The van der Waals surface area contributed by atoms with Crippen molar-refractivity contribution in [2.45, 2.75) is 13.0 Å². The Morgan fingerprint density at radius 3 is 2.94 bits per heavy atom. The second-order valence-electron chi connectivity index (χ2n) is 4.34. The maximum atomic E-state index is 12.3. The van der Waals surface area contributed by atoms with Crippen molar-refractivity contribution in [1.29, 1.82) is 0 Å². The fourth-order valence-electron chi connectivity index (χ4n) is 2.21. The fraction of sp³-hybridized carbons (Fsp3) is 0.214. The van der Waals surface area contributed by atoms with E-state index < -0.39 is 0 Å². The molecule has 0 unspecified atom stereocenters. The van der Waals surface area contributed by atoms with E-state index in [9.17, 15) is 4.79 Å². The average molecular weight is 278 g/mol. The SMILES string of the molecule is O=C(c1ccc2c(c1)CNCC2)c1sccc1Cl. The van der Waals surface area contributed by atoms with Crippen LogP contribution in [0.3, 0.4) is 0 Å². The molecule has 0 amide bonds. The van der Waals surface area contributed by atoms with Gasteiger partial charge in [-0.3, -0.25) is 4.79 Å². The summed E-state index contributed by atoms with van der Waals surface area (Å²) < 4.78 is 0. The Hall–Kier alpha value is -1.16. The number of fused-ring (bicyclic) bond motifs is 1. The molecule has 3 rings (SSSR count). The van der Waals surface area contributed by atoms with Crippen molar-refractivity contribution < 1.29 is 4.79 Å². The first kappa shape index (κ1) is 11.9. The van der Waals surface area contributed by atoms with Crippen LogP contribution in [0, 0.1) is 0 Å². The molecular weight excluding hydrogens is 266 g/mol. The highest BCUT2D eigenvalue weighted by atomic mass is 35.5. The molecule has 0 bridgehead atoms. The number of ketones is 1. The number of halogens is 1. The van der Waals surface area contributed by atoms with Crippen LogP contribution in [0.2, 0.25) is 5.02 Å². The Morgan fingerprint density at radius 1 is 1.28 bits per heavy atom. The minimum atomic E-state index is 0.0170. The first-order valence-electron chi connectivity index (χ1n) is 5.86. The summed E-state index contributed by atoms with van der Waals surface area (Å²) in [6.07, 6.45) is 1.03. The molecule has 0 atom stereocenters. The molecule has 0 aliphatic carbocycles. The summed E-state index contributed by atoms with van der Waals surface area (Å²) in [5.74, 6) is 0.0170. The third-order valence-electron chi connectivity index (χ3n) is 3.18. The molecule has 1 aliphatic heterocycles. The van der Waals surface area contributed by atoms with E-state index in [1.54, 1.807) is 6.07 Å². The van der Waals surface area contributed by atoms with E-state index in [0.717, 1.165) is 25.1 Å². The van der Waals surface area contributed by atoms with E-state index in [1.165, 1.54) is 22.5 Å². The summed E-state index contributed by atoms with van der Waals surface area (Å²) in [4.78, 5) is 12.9. The smallest absolute Gasteiger partial charge is 0.204 e. The van der Waals surface area contributed by atoms with Crippen LogP contribution < -0.4 is 5.32 Å². The standard InChI is InChI=1S/C14H12ClNOS/c15-12-4-6-18-14(12)13(17)10-2-1-9-3-5-16-8-11(9)7-10/h1-2,4,6-7,16H,3,5,8H2. The number of carbonyl (C=O) groups is 1. The normalized spacial score (nSPS) is 14.3. The van der Waals surface area contributed by atoms with Gasteiger partial charge >= 0.3 is 0 Å². The molecule has 0 radical (unpaired) electrons. The van der Waals surface area contributed by atoms with E-state index in [1.807, 2.05) is 17.5 Å². The predicted octanol–water partition coefficient (Wildman–Crippen LogP) is 3.28. The molecule has 0 spiro atoms. The zero-order valence-corrected chi connectivity index (χ0v) is 11.3. The van der Waals surface area contributed by atoms with Crippen molar-refractivity contribution in [1.82, 2.24) is 5.32 Å². The molecule has 2 nitrogen and oxygen atoms in total. The number of thiophene rings is 1. The minimum absolute atomic E-state index is 0.0170. The Bertz CT molecular complexity index is 606. The van der Waals surface area contributed by atoms with E-state index in [-0.39, 0.29) is 5.78 Å². The van der Waals surface area contributed by atoms with Crippen LogP contribution in [0.1, 0.15) is 26.4 Å². The van der Waals surface area contributed by atoms with Crippen molar-refractivity contribution in [2.75, 3.05) is 6.54 Å². The highest BCUT2D eigenvalue weighted by molar-refractivity contribution is 7.13. The van der Waals surface area contributed by atoms with Gasteiger partial charge in [0, 0.05) is 12.1 Å². The van der Waals surface area contributed by atoms with Crippen molar-refractivity contribution in [3.8, 4) is 0 Å². The first-order chi connectivity index (χ1) is 8.75. The molecular formula is C14H12ClNOS. The molecule has 2 aromatic rings. The van der Waals surface area contributed by atoms with E-state index in [0.29, 0.717) is 9.90 Å². The van der Waals surface area contributed by atoms with Gasteiger partial charge in [0.05, 0.1) is 9.90 Å². The van der Waals surface area contributed by atoms with Gasteiger partial charge in [0.25, 0.3) is 0 Å². The molecule has 1 aromatic heterocycles. The molecule has 4 heteroatoms. The van der Waals surface area contributed by atoms with Gasteiger partial charge in [-0.2, -0.15) is 0 Å². The maximum Gasteiger partial charge on any atom is 0.204 e. The van der Waals surface area contributed by atoms with Crippen molar-refractivity contribution in [3.05, 3.63) is 56.2 Å². The average Bonchev–Trinajstić information content (AvgIpc) is 2.83. The third-order valence-corrected chi connectivity index (χ3v) is 4.52. The quantitative estimate of drug-likeness (QED) is 0.854. The second-order valence-corrected chi connectivity index (χ2v) is 5.66. The topological polar surface area (TPSA) is 29.1 Å². The van der Waals surface area contributed by atoms with Crippen LogP contribution in [0.5, 0.6) is 0 Å². The summed E-state index contributed by atoms with van der Waals surface area (Å²) in [5, 5.41) is 5.70.